The van der Waals surface area contributed by atoms with E-state index in [0.717, 1.165) is 0 Å². The lowest BCUT2D eigenvalue weighted by molar-refractivity contribution is -0.234. The Morgan fingerprint density at radius 3 is 2.15 bits per heavy atom. The van der Waals surface area contributed by atoms with E-state index in [-0.39, 0.29) is 12.0 Å². The third-order valence-corrected chi connectivity index (χ3v) is 4.75. The summed E-state index contributed by atoms with van der Waals surface area (Å²) in [6.07, 6.45) is -4.81. The molecule has 0 aromatic heterocycles. The van der Waals surface area contributed by atoms with Gasteiger partial charge < -0.3 is 34.5 Å². The maximum Gasteiger partial charge on any atom is 0.323 e. The standard InChI is InChI=1S/C18H33NO7/c1-8(2)10(19)17(21)24-15-12(23-9(3)4)11(20)13-16(14(15)22-7)26-18(5,6)25-13/h8-16,20H,19H2,1-7H3/t10-,11?,12?,13?,14?,15?,16?/m0/s1. The molecule has 0 amide bonds. The first-order valence-corrected chi connectivity index (χ1v) is 9.16. The Morgan fingerprint density at radius 2 is 1.65 bits per heavy atom. The zero-order valence-electron chi connectivity index (χ0n) is 16.7. The van der Waals surface area contributed by atoms with Crippen LogP contribution >= 0.6 is 0 Å². The number of carbonyl (C=O) groups excluding carboxylic acids is 1. The van der Waals surface area contributed by atoms with Gasteiger partial charge in [0.15, 0.2) is 11.9 Å². The SMILES string of the molecule is COC1C(OC(=O)[C@@H](N)C(C)C)C(OC(C)C)C(O)C2OC(C)(C)OC21. The van der Waals surface area contributed by atoms with Crippen molar-refractivity contribution in [2.45, 2.75) is 96.1 Å². The minimum atomic E-state index is -1.04. The van der Waals surface area contributed by atoms with Crippen LogP contribution in [-0.2, 0) is 28.5 Å². The van der Waals surface area contributed by atoms with Crippen molar-refractivity contribution < 1.29 is 33.6 Å². The third-order valence-electron chi connectivity index (χ3n) is 4.75. The summed E-state index contributed by atoms with van der Waals surface area (Å²) in [5.74, 6) is -1.53. The van der Waals surface area contributed by atoms with Crippen molar-refractivity contribution >= 4 is 5.97 Å². The maximum absolute atomic E-state index is 12.5. The zero-order chi connectivity index (χ0) is 19.8. The van der Waals surface area contributed by atoms with E-state index in [9.17, 15) is 9.90 Å². The van der Waals surface area contributed by atoms with Crippen molar-refractivity contribution in [3.8, 4) is 0 Å². The van der Waals surface area contributed by atoms with Crippen molar-refractivity contribution in [1.82, 2.24) is 0 Å². The number of carbonyl (C=O) groups is 1. The number of rotatable bonds is 6. The molecule has 1 saturated carbocycles. The van der Waals surface area contributed by atoms with Crippen molar-refractivity contribution in [2.75, 3.05) is 7.11 Å². The Bertz CT molecular complexity index is 496. The van der Waals surface area contributed by atoms with Gasteiger partial charge in [-0.1, -0.05) is 13.8 Å². The predicted octanol–water partition coefficient (Wildman–Crippen LogP) is 0.585. The van der Waals surface area contributed by atoms with Crippen LogP contribution < -0.4 is 5.73 Å². The molecular formula is C18H33NO7. The highest BCUT2D eigenvalue weighted by Gasteiger charge is 2.60. The first kappa shape index (κ1) is 21.5. The van der Waals surface area contributed by atoms with Gasteiger partial charge in [0, 0.05) is 7.11 Å². The Morgan fingerprint density at radius 1 is 1.08 bits per heavy atom. The van der Waals surface area contributed by atoms with E-state index >= 15 is 0 Å². The maximum atomic E-state index is 12.5. The van der Waals surface area contributed by atoms with Crippen LogP contribution in [0.1, 0.15) is 41.5 Å². The van der Waals surface area contributed by atoms with E-state index in [0.29, 0.717) is 0 Å². The number of hydrogen-bond acceptors (Lipinski definition) is 8. The molecule has 0 spiro atoms. The van der Waals surface area contributed by atoms with E-state index in [1.54, 1.807) is 13.8 Å². The zero-order valence-corrected chi connectivity index (χ0v) is 16.7. The first-order chi connectivity index (χ1) is 12.0. The number of esters is 1. The van der Waals surface area contributed by atoms with E-state index in [1.807, 2.05) is 27.7 Å². The molecular weight excluding hydrogens is 342 g/mol. The molecule has 8 heteroatoms. The fraction of sp³-hybridized carbons (Fsp3) is 0.944. The molecule has 1 aliphatic heterocycles. The third kappa shape index (κ3) is 4.37. The second-order valence-electron chi connectivity index (χ2n) is 8.08. The molecule has 1 heterocycles. The number of hydrogen-bond donors (Lipinski definition) is 2. The summed E-state index contributed by atoms with van der Waals surface area (Å²) in [5, 5.41) is 10.9. The Labute approximate surface area is 155 Å². The molecule has 1 aliphatic carbocycles. The molecule has 1 saturated heterocycles. The summed E-state index contributed by atoms with van der Waals surface area (Å²) in [7, 11) is 1.50. The van der Waals surface area contributed by atoms with E-state index in [1.165, 1.54) is 7.11 Å². The fourth-order valence-electron chi connectivity index (χ4n) is 3.45. The van der Waals surface area contributed by atoms with Gasteiger partial charge >= 0.3 is 5.97 Å². The van der Waals surface area contributed by atoms with Gasteiger partial charge in [-0.15, -0.1) is 0 Å². The number of fused-ring (bicyclic) bond motifs is 1. The normalized spacial score (nSPS) is 37.7. The minimum Gasteiger partial charge on any atom is -0.455 e. The van der Waals surface area contributed by atoms with Gasteiger partial charge in [0.25, 0.3) is 0 Å². The molecule has 26 heavy (non-hydrogen) atoms. The van der Waals surface area contributed by atoms with Crippen LogP contribution in [0.5, 0.6) is 0 Å². The van der Waals surface area contributed by atoms with Crippen LogP contribution in [0.4, 0.5) is 0 Å². The van der Waals surface area contributed by atoms with Crippen LogP contribution in [0.3, 0.4) is 0 Å². The highest BCUT2D eigenvalue weighted by molar-refractivity contribution is 5.76. The Kier molecular flexibility index (Phi) is 6.69. The number of aliphatic hydroxyl groups excluding tert-OH is 1. The average molecular weight is 375 g/mol. The smallest absolute Gasteiger partial charge is 0.323 e. The largest absolute Gasteiger partial charge is 0.455 e. The quantitative estimate of drug-likeness (QED) is 0.649. The summed E-state index contributed by atoms with van der Waals surface area (Å²) >= 11 is 0. The molecule has 7 atom stereocenters. The lowest BCUT2D eigenvalue weighted by atomic mass is 9.84. The molecule has 8 nitrogen and oxygen atoms in total. The summed E-state index contributed by atoms with van der Waals surface area (Å²) in [6, 6.07) is -0.778. The van der Waals surface area contributed by atoms with Gasteiger partial charge in [-0.25, -0.2) is 0 Å². The topological polar surface area (TPSA) is 109 Å². The fourth-order valence-corrected chi connectivity index (χ4v) is 3.45. The van der Waals surface area contributed by atoms with Gasteiger partial charge in [0.05, 0.1) is 6.10 Å². The molecule has 0 aromatic rings. The van der Waals surface area contributed by atoms with Crippen molar-refractivity contribution in [1.29, 1.82) is 0 Å². The summed E-state index contributed by atoms with van der Waals surface area (Å²) < 4.78 is 28.9. The van der Waals surface area contributed by atoms with Crippen molar-refractivity contribution in [3.63, 3.8) is 0 Å². The van der Waals surface area contributed by atoms with E-state index < -0.39 is 54.4 Å². The highest BCUT2D eigenvalue weighted by atomic mass is 16.8. The monoisotopic (exact) mass is 375 g/mol. The van der Waals surface area contributed by atoms with Crippen LogP contribution in [0.2, 0.25) is 0 Å². The summed E-state index contributed by atoms with van der Waals surface area (Å²) in [6.45, 7) is 10.9. The van der Waals surface area contributed by atoms with E-state index in [4.69, 9.17) is 29.4 Å². The first-order valence-electron chi connectivity index (χ1n) is 9.16. The molecule has 2 rings (SSSR count). The molecule has 6 unspecified atom stereocenters. The molecule has 2 fully saturated rings. The molecule has 0 aromatic carbocycles. The Balaban J connectivity index is 2.31. The van der Waals surface area contributed by atoms with Crippen LogP contribution in [0.25, 0.3) is 0 Å². The lowest BCUT2D eigenvalue weighted by Crippen LogP contribution is -2.65. The van der Waals surface area contributed by atoms with Gasteiger partial charge in [-0.2, -0.15) is 0 Å². The molecule has 2 aliphatic rings. The predicted molar refractivity (Wildman–Crippen MR) is 93.3 cm³/mol. The number of aliphatic hydroxyl groups is 1. The van der Waals surface area contributed by atoms with Crippen LogP contribution in [0, 0.1) is 5.92 Å². The number of nitrogens with two attached hydrogens (primary N) is 1. The molecule has 0 bridgehead atoms. The second kappa shape index (κ2) is 8.08. The van der Waals surface area contributed by atoms with Gasteiger partial charge in [0.2, 0.25) is 0 Å². The van der Waals surface area contributed by atoms with E-state index in [2.05, 4.69) is 0 Å². The molecule has 0 radical (unpaired) electrons. The van der Waals surface area contributed by atoms with Gasteiger partial charge in [-0.3, -0.25) is 4.79 Å². The molecule has 152 valence electrons. The average Bonchev–Trinajstić information content (AvgIpc) is 2.85. The van der Waals surface area contributed by atoms with Crippen molar-refractivity contribution in [2.24, 2.45) is 11.7 Å². The summed E-state index contributed by atoms with van der Waals surface area (Å²) in [4.78, 5) is 12.5. The number of ether oxygens (including phenoxy) is 5. The van der Waals surface area contributed by atoms with Crippen LogP contribution in [-0.4, -0.2) is 72.7 Å². The van der Waals surface area contributed by atoms with Gasteiger partial charge in [-0.05, 0) is 33.6 Å². The second-order valence-corrected chi connectivity index (χ2v) is 8.08. The van der Waals surface area contributed by atoms with Gasteiger partial charge in [0.1, 0.15) is 36.6 Å². The molecule has 3 N–H and O–H groups in total. The number of methoxy groups -OCH3 is 1. The van der Waals surface area contributed by atoms with Crippen molar-refractivity contribution in [3.05, 3.63) is 0 Å². The van der Waals surface area contributed by atoms with Crippen LogP contribution in [0.15, 0.2) is 0 Å². The Hall–Kier alpha value is -0.770. The minimum absolute atomic E-state index is 0.0841. The summed E-state index contributed by atoms with van der Waals surface area (Å²) in [5.41, 5.74) is 5.92. The lowest BCUT2D eigenvalue weighted by Gasteiger charge is -2.44. The highest BCUT2D eigenvalue weighted by Crippen LogP contribution is 2.40.